The van der Waals surface area contributed by atoms with Crippen LogP contribution in [0.3, 0.4) is 0 Å². The van der Waals surface area contributed by atoms with Gasteiger partial charge in [-0.3, -0.25) is 0 Å². The summed E-state index contributed by atoms with van der Waals surface area (Å²) in [5.41, 5.74) is 1.38. The molecule has 1 fully saturated rings. The van der Waals surface area contributed by atoms with E-state index in [0.29, 0.717) is 6.04 Å². The molecule has 0 aromatic heterocycles. The maximum Gasteiger partial charge on any atom is 0.0208 e. The van der Waals surface area contributed by atoms with Crippen LogP contribution in [0.1, 0.15) is 18.4 Å². The zero-order valence-electron chi connectivity index (χ0n) is 8.91. The van der Waals surface area contributed by atoms with E-state index in [4.69, 9.17) is 0 Å². The van der Waals surface area contributed by atoms with Gasteiger partial charge in [-0.2, -0.15) is 0 Å². The lowest BCUT2D eigenvalue weighted by Gasteiger charge is -2.23. The molecule has 3 heteroatoms. The number of hydrogen-bond donors (Lipinski definition) is 2. The van der Waals surface area contributed by atoms with E-state index in [1.165, 1.54) is 18.4 Å². The Hall–Kier alpha value is -0.570. The van der Waals surface area contributed by atoms with Gasteiger partial charge in [-0.25, -0.2) is 0 Å². The molecule has 15 heavy (non-hydrogen) atoms. The number of piperidine rings is 1. The van der Waals surface area contributed by atoms with Crippen LogP contribution in [0.4, 0.5) is 0 Å². The van der Waals surface area contributed by atoms with Crippen LogP contribution in [0.5, 0.6) is 0 Å². The summed E-state index contributed by atoms with van der Waals surface area (Å²) in [7, 11) is 0. The van der Waals surface area contributed by atoms with Gasteiger partial charge in [-0.1, -0.05) is 30.3 Å². The first-order valence-corrected chi connectivity index (χ1v) is 5.43. The van der Waals surface area contributed by atoms with Gasteiger partial charge in [-0.15, -0.1) is 12.4 Å². The predicted octanol–water partition coefficient (Wildman–Crippen LogP) is 1.95. The van der Waals surface area contributed by atoms with Crippen molar-refractivity contribution in [2.45, 2.75) is 25.4 Å². The molecule has 0 saturated carbocycles. The van der Waals surface area contributed by atoms with Gasteiger partial charge in [0.1, 0.15) is 0 Å². The smallest absolute Gasteiger partial charge is 0.0208 e. The molecule has 0 amide bonds. The molecule has 1 aliphatic heterocycles. The van der Waals surface area contributed by atoms with E-state index in [1.54, 1.807) is 0 Å². The van der Waals surface area contributed by atoms with Crippen molar-refractivity contribution in [3.05, 3.63) is 35.9 Å². The van der Waals surface area contributed by atoms with Gasteiger partial charge in [0.05, 0.1) is 0 Å². The van der Waals surface area contributed by atoms with Gasteiger partial charge in [0, 0.05) is 12.6 Å². The molecule has 0 unspecified atom stereocenters. The molecule has 2 rings (SSSR count). The molecule has 0 aliphatic carbocycles. The Morgan fingerprint density at radius 2 is 1.80 bits per heavy atom. The first kappa shape index (κ1) is 12.5. The maximum absolute atomic E-state index is 3.60. The second-order valence-electron chi connectivity index (χ2n) is 3.89. The summed E-state index contributed by atoms with van der Waals surface area (Å²) >= 11 is 0. The topological polar surface area (TPSA) is 24.1 Å². The summed E-state index contributed by atoms with van der Waals surface area (Å²) in [6.45, 7) is 3.32. The maximum atomic E-state index is 3.60. The van der Waals surface area contributed by atoms with Crippen molar-refractivity contribution in [1.29, 1.82) is 0 Å². The van der Waals surface area contributed by atoms with Crippen LogP contribution in [-0.2, 0) is 6.54 Å². The van der Waals surface area contributed by atoms with E-state index in [2.05, 4.69) is 41.0 Å². The summed E-state index contributed by atoms with van der Waals surface area (Å²) in [6.07, 6.45) is 2.51. The molecule has 2 nitrogen and oxygen atoms in total. The predicted molar refractivity (Wildman–Crippen MR) is 66.4 cm³/mol. The fourth-order valence-corrected chi connectivity index (χ4v) is 1.88. The van der Waals surface area contributed by atoms with Crippen LogP contribution in [0.25, 0.3) is 0 Å². The summed E-state index contributed by atoms with van der Waals surface area (Å²) in [5.74, 6) is 0. The highest BCUT2D eigenvalue weighted by Crippen LogP contribution is 2.04. The minimum absolute atomic E-state index is 0. The Balaban J connectivity index is 0.00000112. The molecule has 0 radical (unpaired) electrons. The summed E-state index contributed by atoms with van der Waals surface area (Å²) < 4.78 is 0. The Bertz CT molecular complexity index is 258. The average molecular weight is 227 g/mol. The van der Waals surface area contributed by atoms with Gasteiger partial charge in [-0.05, 0) is 31.5 Å². The second-order valence-corrected chi connectivity index (χ2v) is 3.89. The quantitative estimate of drug-likeness (QED) is 0.824. The van der Waals surface area contributed by atoms with E-state index in [1.807, 2.05) is 0 Å². The van der Waals surface area contributed by atoms with Crippen molar-refractivity contribution in [2.24, 2.45) is 0 Å². The third kappa shape index (κ3) is 4.20. The summed E-state index contributed by atoms with van der Waals surface area (Å²) in [6, 6.07) is 11.3. The molecule has 0 atom stereocenters. The normalized spacial score (nSPS) is 17.1. The largest absolute Gasteiger partial charge is 0.317 e. The fraction of sp³-hybridized carbons (Fsp3) is 0.500. The number of hydrogen-bond acceptors (Lipinski definition) is 2. The van der Waals surface area contributed by atoms with Crippen LogP contribution >= 0.6 is 12.4 Å². The van der Waals surface area contributed by atoms with Crippen molar-refractivity contribution in [1.82, 2.24) is 10.6 Å². The van der Waals surface area contributed by atoms with Crippen molar-refractivity contribution < 1.29 is 0 Å². The van der Waals surface area contributed by atoms with Crippen molar-refractivity contribution in [2.75, 3.05) is 13.1 Å². The van der Waals surface area contributed by atoms with E-state index >= 15 is 0 Å². The molecule has 1 aromatic rings. The van der Waals surface area contributed by atoms with Crippen molar-refractivity contribution >= 4 is 12.4 Å². The number of halogens is 1. The monoisotopic (exact) mass is 226 g/mol. The molecular formula is C12H19ClN2. The summed E-state index contributed by atoms with van der Waals surface area (Å²) in [4.78, 5) is 0. The van der Waals surface area contributed by atoms with Crippen LogP contribution < -0.4 is 10.6 Å². The SMILES string of the molecule is Cl.c1ccc(CNC2CCNCC2)cc1. The van der Waals surface area contributed by atoms with Crippen molar-refractivity contribution in [3.63, 3.8) is 0 Å². The molecule has 0 bridgehead atoms. The second kappa shape index (κ2) is 6.83. The summed E-state index contributed by atoms with van der Waals surface area (Å²) in [5, 5.41) is 6.97. The number of rotatable bonds is 3. The first-order chi connectivity index (χ1) is 6.95. The number of nitrogens with one attached hydrogen (secondary N) is 2. The van der Waals surface area contributed by atoms with Crippen molar-refractivity contribution in [3.8, 4) is 0 Å². The number of benzene rings is 1. The Kier molecular flexibility index (Phi) is 5.69. The van der Waals surface area contributed by atoms with E-state index < -0.39 is 0 Å². The third-order valence-electron chi connectivity index (χ3n) is 2.78. The molecule has 0 spiro atoms. The van der Waals surface area contributed by atoms with E-state index in [9.17, 15) is 0 Å². The third-order valence-corrected chi connectivity index (χ3v) is 2.78. The minimum atomic E-state index is 0. The first-order valence-electron chi connectivity index (χ1n) is 5.43. The van der Waals surface area contributed by atoms with E-state index in [-0.39, 0.29) is 12.4 Å². The highest BCUT2D eigenvalue weighted by molar-refractivity contribution is 5.85. The highest BCUT2D eigenvalue weighted by Gasteiger charge is 2.11. The van der Waals surface area contributed by atoms with Gasteiger partial charge >= 0.3 is 0 Å². The lowest BCUT2D eigenvalue weighted by molar-refractivity contribution is 0.386. The zero-order valence-corrected chi connectivity index (χ0v) is 9.72. The lowest BCUT2D eigenvalue weighted by atomic mass is 10.1. The van der Waals surface area contributed by atoms with Crippen LogP contribution in [0.15, 0.2) is 30.3 Å². The van der Waals surface area contributed by atoms with Crippen LogP contribution in [-0.4, -0.2) is 19.1 Å². The Labute approximate surface area is 97.9 Å². The fourth-order valence-electron chi connectivity index (χ4n) is 1.88. The van der Waals surface area contributed by atoms with Gasteiger partial charge in [0.25, 0.3) is 0 Å². The minimum Gasteiger partial charge on any atom is -0.317 e. The highest BCUT2D eigenvalue weighted by atomic mass is 35.5. The van der Waals surface area contributed by atoms with Crippen LogP contribution in [0.2, 0.25) is 0 Å². The molecule has 1 aliphatic rings. The molecule has 84 valence electrons. The molecule has 1 heterocycles. The molecular weight excluding hydrogens is 208 g/mol. The lowest BCUT2D eigenvalue weighted by Crippen LogP contribution is -2.39. The Morgan fingerprint density at radius 1 is 1.13 bits per heavy atom. The molecule has 1 saturated heterocycles. The molecule has 1 aromatic carbocycles. The van der Waals surface area contributed by atoms with Crippen LogP contribution in [0, 0.1) is 0 Å². The van der Waals surface area contributed by atoms with E-state index in [0.717, 1.165) is 19.6 Å². The van der Waals surface area contributed by atoms with Gasteiger partial charge in [0.15, 0.2) is 0 Å². The van der Waals surface area contributed by atoms with Gasteiger partial charge < -0.3 is 10.6 Å². The van der Waals surface area contributed by atoms with Gasteiger partial charge in [0.2, 0.25) is 0 Å². The Morgan fingerprint density at radius 3 is 2.47 bits per heavy atom. The zero-order chi connectivity index (χ0) is 9.64. The standard InChI is InChI=1S/C12H18N2.ClH/c1-2-4-11(5-3-1)10-14-12-6-8-13-9-7-12;/h1-5,12-14H,6-10H2;1H. The molecule has 2 N–H and O–H groups in total. The average Bonchev–Trinajstić information content (AvgIpc) is 2.29.